The van der Waals surface area contributed by atoms with Crippen LogP contribution in [-0.4, -0.2) is 11.0 Å². The van der Waals surface area contributed by atoms with E-state index in [1.807, 2.05) is 12.1 Å². The van der Waals surface area contributed by atoms with Gasteiger partial charge in [0, 0.05) is 5.88 Å². The molecule has 0 aliphatic heterocycles. The Morgan fingerprint density at radius 3 is 2.32 bits per heavy atom. The fourth-order valence-corrected chi connectivity index (χ4v) is 2.37. The molecule has 0 saturated carbocycles. The molecule has 0 saturated heterocycles. The predicted molar refractivity (Wildman–Crippen MR) is 76.1 cm³/mol. The SMILES string of the molecule is Oc1cccc(CC(CCl)Cc2ccc(F)cc2)c1. The number of halogens is 2. The maximum atomic E-state index is 12.8. The van der Waals surface area contributed by atoms with Gasteiger partial charge in [0.1, 0.15) is 11.6 Å². The number of benzene rings is 2. The third kappa shape index (κ3) is 4.25. The van der Waals surface area contributed by atoms with Gasteiger partial charge >= 0.3 is 0 Å². The van der Waals surface area contributed by atoms with Crippen molar-refractivity contribution in [2.45, 2.75) is 12.8 Å². The largest absolute Gasteiger partial charge is 0.508 e. The van der Waals surface area contributed by atoms with Gasteiger partial charge in [-0.2, -0.15) is 0 Å². The molecule has 1 atom stereocenters. The van der Waals surface area contributed by atoms with E-state index in [1.54, 1.807) is 24.3 Å². The summed E-state index contributed by atoms with van der Waals surface area (Å²) in [6.45, 7) is 0. The number of aromatic hydroxyl groups is 1. The Morgan fingerprint density at radius 2 is 1.68 bits per heavy atom. The number of alkyl halides is 1. The summed E-state index contributed by atoms with van der Waals surface area (Å²) in [7, 11) is 0. The van der Waals surface area contributed by atoms with Crippen LogP contribution in [0.4, 0.5) is 4.39 Å². The van der Waals surface area contributed by atoms with Crippen LogP contribution in [0.5, 0.6) is 5.75 Å². The zero-order valence-corrected chi connectivity index (χ0v) is 11.3. The normalized spacial score (nSPS) is 12.3. The molecule has 3 heteroatoms. The van der Waals surface area contributed by atoms with Crippen molar-refractivity contribution in [3.05, 3.63) is 65.5 Å². The van der Waals surface area contributed by atoms with E-state index in [2.05, 4.69) is 0 Å². The maximum Gasteiger partial charge on any atom is 0.123 e. The molecular weight excluding hydrogens is 263 g/mol. The van der Waals surface area contributed by atoms with Gasteiger partial charge < -0.3 is 5.11 Å². The molecule has 0 aliphatic carbocycles. The highest BCUT2D eigenvalue weighted by atomic mass is 35.5. The van der Waals surface area contributed by atoms with Gasteiger partial charge in [-0.05, 0) is 54.2 Å². The minimum atomic E-state index is -0.223. The first-order chi connectivity index (χ1) is 9.17. The van der Waals surface area contributed by atoms with E-state index in [0.717, 1.165) is 24.0 Å². The molecular formula is C16H16ClFO. The summed E-state index contributed by atoms with van der Waals surface area (Å²) in [5.74, 6) is 0.855. The fourth-order valence-electron chi connectivity index (χ4n) is 2.15. The molecule has 2 rings (SSSR count). The second kappa shape index (κ2) is 6.58. The molecule has 0 aliphatic rings. The molecule has 0 fully saturated rings. The van der Waals surface area contributed by atoms with E-state index in [1.165, 1.54) is 12.1 Å². The Hall–Kier alpha value is -1.54. The van der Waals surface area contributed by atoms with Crippen LogP contribution in [0.2, 0.25) is 0 Å². The summed E-state index contributed by atoms with van der Waals surface area (Å²) in [6.07, 6.45) is 1.61. The van der Waals surface area contributed by atoms with E-state index < -0.39 is 0 Å². The zero-order chi connectivity index (χ0) is 13.7. The van der Waals surface area contributed by atoms with E-state index in [0.29, 0.717) is 5.88 Å². The highest BCUT2D eigenvalue weighted by Gasteiger charge is 2.10. The zero-order valence-electron chi connectivity index (χ0n) is 10.5. The van der Waals surface area contributed by atoms with Crippen molar-refractivity contribution in [2.24, 2.45) is 5.92 Å². The van der Waals surface area contributed by atoms with E-state index in [-0.39, 0.29) is 17.5 Å². The first-order valence-corrected chi connectivity index (χ1v) is 6.79. The Morgan fingerprint density at radius 1 is 1.00 bits per heavy atom. The molecule has 100 valence electrons. The smallest absolute Gasteiger partial charge is 0.123 e. The quantitative estimate of drug-likeness (QED) is 0.814. The molecule has 19 heavy (non-hydrogen) atoms. The van der Waals surface area contributed by atoms with Crippen LogP contribution in [0.25, 0.3) is 0 Å². The number of rotatable bonds is 5. The summed E-state index contributed by atoms with van der Waals surface area (Å²) in [5.41, 5.74) is 2.14. The number of phenolic OH excluding ortho intramolecular Hbond substituents is 1. The molecule has 2 aromatic rings. The molecule has 0 bridgehead atoms. The predicted octanol–water partition coefficient (Wildman–Crippen LogP) is 4.17. The summed E-state index contributed by atoms with van der Waals surface area (Å²) >= 11 is 6.00. The lowest BCUT2D eigenvalue weighted by molar-refractivity contribution is 0.473. The first kappa shape index (κ1) is 13.9. The van der Waals surface area contributed by atoms with Crippen molar-refractivity contribution >= 4 is 11.6 Å². The van der Waals surface area contributed by atoms with Crippen molar-refractivity contribution in [1.82, 2.24) is 0 Å². The van der Waals surface area contributed by atoms with Crippen LogP contribution in [0.3, 0.4) is 0 Å². The van der Waals surface area contributed by atoms with Crippen LogP contribution in [0, 0.1) is 11.7 Å². The first-order valence-electron chi connectivity index (χ1n) is 6.25. The van der Waals surface area contributed by atoms with Crippen LogP contribution < -0.4 is 0 Å². The summed E-state index contributed by atoms with van der Waals surface area (Å²) in [6, 6.07) is 13.7. The van der Waals surface area contributed by atoms with Crippen molar-refractivity contribution in [3.63, 3.8) is 0 Å². The standard InChI is InChI=1S/C16H16ClFO/c17-11-14(8-12-4-6-15(18)7-5-12)9-13-2-1-3-16(19)10-13/h1-7,10,14,19H,8-9,11H2. The molecule has 0 radical (unpaired) electrons. The molecule has 0 heterocycles. The lowest BCUT2D eigenvalue weighted by Crippen LogP contribution is -2.10. The number of hydrogen-bond acceptors (Lipinski definition) is 1. The van der Waals surface area contributed by atoms with Crippen molar-refractivity contribution in [2.75, 3.05) is 5.88 Å². The van der Waals surface area contributed by atoms with Crippen molar-refractivity contribution in [1.29, 1.82) is 0 Å². The maximum absolute atomic E-state index is 12.8. The Kier molecular flexibility index (Phi) is 4.80. The lowest BCUT2D eigenvalue weighted by Gasteiger charge is -2.14. The number of hydrogen-bond donors (Lipinski definition) is 1. The second-order valence-corrected chi connectivity index (χ2v) is 5.03. The van der Waals surface area contributed by atoms with Gasteiger partial charge in [-0.25, -0.2) is 4.39 Å². The van der Waals surface area contributed by atoms with E-state index in [9.17, 15) is 9.50 Å². The van der Waals surface area contributed by atoms with Gasteiger partial charge in [0.2, 0.25) is 0 Å². The minimum Gasteiger partial charge on any atom is -0.508 e. The number of phenols is 1. The van der Waals surface area contributed by atoms with Crippen molar-refractivity contribution in [3.8, 4) is 5.75 Å². The van der Waals surface area contributed by atoms with Gasteiger partial charge in [-0.15, -0.1) is 11.6 Å². The Bertz CT molecular complexity index is 525. The van der Waals surface area contributed by atoms with Crippen LogP contribution >= 0.6 is 11.6 Å². The monoisotopic (exact) mass is 278 g/mol. The highest BCUT2D eigenvalue weighted by Crippen LogP contribution is 2.19. The summed E-state index contributed by atoms with van der Waals surface area (Å²) in [5, 5.41) is 9.44. The second-order valence-electron chi connectivity index (χ2n) is 4.72. The lowest BCUT2D eigenvalue weighted by atomic mass is 9.94. The highest BCUT2D eigenvalue weighted by molar-refractivity contribution is 6.18. The Balaban J connectivity index is 2.02. The molecule has 0 spiro atoms. The van der Waals surface area contributed by atoms with Crippen LogP contribution in [-0.2, 0) is 12.8 Å². The minimum absolute atomic E-state index is 0.223. The van der Waals surface area contributed by atoms with Crippen LogP contribution in [0.15, 0.2) is 48.5 Å². The van der Waals surface area contributed by atoms with Gasteiger partial charge in [0.15, 0.2) is 0 Å². The topological polar surface area (TPSA) is 20.2 Å². The van der Waals surface area contributed by atoms with Crippen molar-refractivity contribution < 1.29 is 9.50 Å². The van der Waals surface area contributed by atoms with Gasteiger partial charge in [0.05, 0.1) is 0 Å². The Labute approximate surface area is 117 Å². The van der Waals surface area contributed by atoms with E-state index >= 15 is 0 Å². The molecule has 1 nitrogen and oxygen atoms in total. The molecule has 0 amide bonds. The molecule has 2 aromatic carbocycles. The average Bonchev–Trinajstić information content (AvgIpc) is 2.40. The van der Waals surface area contributed by atoms with Gasteiger partial charge in [0.25, 0.3) is 0 Å². The molecule has 0 aromatic heterocycles. The molecule has 1 unspecified atom stereocenters. The third-order valence-corrected chi connectivity index (χ3v) is 3.53. The van der Waals surface area contributed by atoms with Crippen LogP contribution in [0.1, 0.15) is 11.1 Å². The molecule has 1 N–H and O–H groups in total. The summed E-state index contributed by atoms with van der Waals surface area (Å²) < 4.78 is 12.8. The average molecular weight is 279 g/mol. The van der Waals surface area contributed by atoms with Gasteiger partial charge in [-0.1, -0.05) is 24.3 Å². The fraction of sp³-hybridized carbons (Fsp3) is 0.250. The third-order valence-electron chi connectivity index (χ3n) is 3.09. The van der Waals surface area contributed by atoms with Gasteiger partial charge in [-0.3, -0.25) is 0 Å². The summed E-state index contributed by atoms with van der Waals surface area (Å²) in [4.78, 5) is 0. The van der Waals surface area contributed by atoms with E-state index in [4.69, 9.17) is 11.6 Å².